The van der Waals surface area contributed by atoms with Crippen molar-refractivity contribution < 1.29 is 14.3 Å². The van der Waals surface area contributed by atoms with E-state index in [0.29, 0.717) is 21.5 Å². The predicted molar refractivity (Wildman–Crippen MR) is 89.6 cm³/mol. The van der Waals surface area contributed by atoms with Crippen molar-refractivity contribution in [3.8, 4) is 11.5 Å². The number of carbonyl (C=O) groups excluding carboxylic acids is 1. The number of hydrogen-bond donors (Lipinski definition) is 1. The van der Waals surface area contributed by atoms with Gasteiger partial charge in [0.05, 0.1) is 20.3 Å². The second-order valence-electron chi connectivity index (χ2n) is 4.80. The summed E-state index contributed by atoms with van der Waals surface area (Å²) in [5.74, 6) is 0.925. The summed E-state index contributed by atoms with van der Waals surface area (Å²) in [6.45, 7) is 1.94. The number of amides is 1. The van der Waals surface area contributed by atoms with Crippen molar-refractivity contribution in [2.75, 3.05) is 14.2 Å². The van der Waals surface area contributed by atoms with Crippen LogP contribution in [0, 0.1) is 0 Å². The molecule has 2 aromatic rings. The smallest absolute Gasteiger partial charge is 0.252 e. The number of nitrogens with one attached hydrogen (secondary N) is 1. The molecule has 22 heavy (non-hydrogen) atoms. The Bertz CT molecular complexity index is 633. The van der Waals surface area contributed by atoms with Crippen molar-refractivity contribution in [2.45, 2.75) is 13.0 Å². The van der Waals surface area contributed by atoms with Gasteiger partial charge < -0.3 is 14.8 Å². The fourth-order valence-corrected chi connectivity index (χ4v) is 2.66. The van der Waals surface area contributed by atoms with Crippen molar-refractivity contribution in [2.24, 2.45) is 0 Å². The Labute approximate surface area is 138 Å². The summed E-state index contributed by atoms with van der Waals surface area (Å²) in [6, 6.07) is 13.1. The second kappa shape index (κ2) is 7.31. The first-order valence-electron chi connectivity index (χ1n) is 6.84. The van der Waals surface area contributed by atoms with E-state index in [-0.39, 0.29) is 11.9 Å². The molecule has 4 nitrogen and oxygen atoms in total. The van der Waals surface area contributed by atoms with Crippen LogP contribution < -0.4 is 14.8 Å². The molecule has 0 aromatic heterocycles. The SMILES string of the molecule is COc1cc(C(=O)N[C@H](C)c2ccccc2)cc(OC)c1Br. The molecule has 2 aromatic carbocycles. The zero-order chi connectivity index (χ0) is 16.1. The number of ether oxygens (including phenoxy) is 2. The molecule has 0 aliphatic heterocycles. The Hall–Kier alpha value is -2.01. The van der Waals surface area contributed by atoms with Crippen LogP contribution in [0.4, 0.5) is 0 Å². The van der Waals surface area contributed by atoms with E-state index in [1.165, 1.54) is 0 Å². The number of carbonyl (C=O) groups is 1. The standard InChI is InChI=1S/C17H18BrNO3/c1-11(12-7-5-4-6-8-12)19-17(20)13-9-14(21-2)16(18)15(10-13)22-3/h4-11H,1-3H3,(H,19,20)/t11-/m1/s1. The third-order valence-electron chi connectivity index (χ3n) is 3.36. The molecule has 5 heteroatoms. The van der Waals surface area contributed by atoms with Gasteiger partial charge in [0.1, 0.15) is 16.0 Å². The van der Waals surface area contributed by atoms with Crippen LogP contribution in [0.2, 0.25) is 0 Å². The average molecular weight is 364 g/mol. The molecule has 0 saturated heterocycles. The number of methoxy groups -OCH3 is 2. The van der Waals surface area contributed by atoms with Crippen LogP contribution in [0.3, 0.4) is 0 Å². The van der Waals surface area contributed by atoms with Gasteiger partial charge in [0.2, 0.25) is 0 Å². The topological polar surface area (TPSA) is 47.6 Å². The first kappa shape index (κ1) is 16.4. The van der Waals surface area contributed by atoms with E-state index in [9.17, 15) is 4.79 Å². The normalized spacial score (nSPS) is 11.6. The van der Waals surface area contributed by atoms with Crippen LogP contribution in [0.15, 0.2) is 46.9 Å². The van der Waals surface area contributed by atoms with E-state index in [0.717, 1.165) is 5.56 Å². The molecule has 0 aliphatic rings. The van der Waals surface area contributed by atoms with Crippen LogP contribution in [0.1, 0.15) is 28.9 Å². The van der Waals surface area contributed by atoms with Crippen LogP contribution in [-0.4, -0.2) is 20.1 Å². The van der Waals surface area contributed by atoms with Gasteiger partial charge in [-0.1, -0.05) is 30.3 Å². The van der Waals surface area contributed by atoms with Crippen molar-refractivity contribution in [1.29, 1.82) is 0 Å². The predicted octanol–water partition coefficient (Wildman–Crippen LogP) is 3.96. The van der Waals surface area contributed by atoms with Crippen molar-refractivity contribution >= 4 is 21.8 Å². The van der Waals surface area contributed by atoms with Gasteiger partial charge in [-0.2, -0.15) is 0 Å². The molecule has 0 saturated carbocycles. The van der Waals surface area contributed by atoms with Crippen LogP contribution in [0.25, 0.3) is 0 Å². The van der Waals surface area contributed by atoms with Crippen LogP contribution in [-0.2, 0) is 0 Å². The van der Waals surface area contributed by atoms with E-state index in [4.69, 9.17) is 9.47 Å². The molecule has 0 bridgehead atoms. The average Bonchev–Trinajstić information content (AvgIpc) is 2.55. The van der Waals surface area contributed by atoms with Crippen molar-refractivity contribution in [1.82, 2.24) is 5.32 Å². The van der Waals surface area contributed by atoms with Gasteiger partial charge in [0.15, 0.2) is 0 Å². The van der Waals surface area contributed by atoms with Gasteiger partial charge in [0, 0.05) is 5.56 Å². The molecule has 1 atom stereocenters. The molecule has 0 heterocycles. The summed E-state index contributed by atoms with van der Waals surface area (Å²) in [4.78, 5) is 12.4. The molecule has 116 valence electrons. The molecule has 1 N–H and O–H groups in total. The Kier molecular flexibility index (Phi) is 5.44. The molecular weight excluding hydrogens is 346 g/mol. The minimum atomic E-state index is -0.180. The highest BCUT2D eigenvalue weighted by Crippen LogP contribution is 2.35. The van der Waals surface area contributed by atoms with Gasteiger partial charge in [-0.15, -0.1) is 0 Å². The number of hydrogen-bond acceptors (Lipinski definition) is 3. The van der Waals surface area contributed by atoms with Gasteiger partial charge in [-0.25, -0.2) is 0 Å². The summed E-state index contributed by atoms with van der Waals surface area (Å²) in [7, 11) is 3.10. The molecule has 0 spiro atoms. The van der Waals surface area contributed by atoms with Crippen molar-refractivity contribution in [3.05, 3.63) is 58.1 Å². The lowest BCUT2D eigenvalue weighted by Gasteiger charge is -2.16. The zero-order valence-corrected chi connectivity index (χ0v) is 14.3. The van der Waals surface area contributed by atoms with Crippen LogP contribution >= 0.6 is 15.9 Å². The molecule has 0 radical (unpaired) electrons. The summed E-state index contributed by atoms with van der Waals surface area (Å²) in [6.07, 6.45) is 0. The van der Waals surface area contributed by atoms with Gasteiger partial charge in [-0.05, 0) is 40.5 Å². The lowest BCUT2D eigenvalue weighted by Crippen LogP contribution is -2.26. The minimum absolute atomic E-state index is 0.0886. The fourth-order valence-electron chi connectivity index (χ4n) is 2.11. The largest absolute Gasteiger partial charge is 0.495 e. The summed E-state index contributed by atoms with van der Waals surface area (Å²) in [5.41, 5.74) is 1.53. The van der Waals surface area contributed by atoms with E-state index < -0.39 is 0 Å². The minimum Gasteiger partial charge on any atom is -0.495 e. The van der Waals surface area contributed by atoms with Crippen LogP contribution in [0.5, 0.6) is 11.5 Å². The number of benzene rings is 2. The maximum Gasteiger partial charge on any atom is 0.252 e. The Morgan fingerprint density at radius 3 is 2.14 bits per heavy atom. The lowest BCUT2D eigenvalue weighted by atomic mass is 10.1. The highest BCUT2D eigenvalue weighted by molar-refractivity contribution is 9.10. The Morgan fingerprint density at radius 1 is 1.09 bits per heavy atom. The van der Waals surface area contributed by atoms with E-state index >= 15 is 0 Å². The quantitative estimate of drug-likeness (QED) is 0.874. The maximum atomic E-state index is 12.4. The van der Waals surface area contributed by atoms with Gasteiger partial charge in [-0.3, -0.25) is 4.79 Å². The summed E-state index contributed by atoms with van der Waals surface area (Å²) >= 11 is 3.39. The molecular formula is C17H18BrNO3. The van der Waals surface area contributed by atoms with Crippen molar-refractivity contribution in [3.63, 3.8) is 0 Å². The van der Waals surface area contributed by atoms with Gasteiger partial charge in [0.25, 0.3) is 5.91 Å². The summed E-state index contributed by atoms with van der Waals surface area (Å²) < 4.78 is 11.2. The number of rotatable bonds is 5. The van der Waals surface area contributed by atoms with Gasteiger partial charge >= 0.3 is 0 Å². The Morgan fingerprint density at radius 2 is 1.64 bits per heavy atom. The third kappa shape index (κ3) is 3.60. The van der Waals surface area contributed by atoms with E-state index in [1.54, 1.807) is 26.4 Å². The van der Waals surface area contributed by atoms with E-state index in [1.807, 2.05) is 37.3 Å². The molecule has 0 fully saturated rings. The fraction of sp³-hybridized carbons (Fsp3) is 0.235. The first-order chi connectivity index (χ1) is 10.6. The third-order valence-corrected chi connectivity index (χ3v) is 4.14. The second-order valence-corrected chi connectivity index (χ2v) is 5.59. The number of halogens is 1. The molecule has 0 aliphatic carbocycles. The maximum absolute atomic E-state index is 12.4. The first-order valence-corrected chi connectivity index (χ1v) is 7.63. The highest BCUT2D eigenvalue weighted by Gasteiger charge is 2.16. The molecule has 2 rings (SSSR count). The summed E-state index contributed by atoms with van der Waals surface area (Å²) in [5, 5.41) is 2.97. The molecule has 0 unspecified atom stereocenters. The van der Waals surface area contributed by atoms with E-state index in [2.05, 4.69) is 21.2 Å². The lowest BCUT2D eigenvalue weighted by molar-refractivity contribution is 0.0939. The molecule has 1 amide bonds. The zero-order valence-electron chi connectivity index (χ0n) is 12.7. The highest BCUT2D eigenvalue weighted by atomic mass is 79.9. The Balaban J connectivity index is 2.22. The monoisotopic (exact) mass is 363 g/mol.